The fraction of sp³-hybridized carbons (Fsp3) is 0.350. The molecule has 0 unspecified atom stereocenters. The molecule has 1 N–H and O–H groups in total. The minimum Gasteiger partial charge on any atom is -0.482 e. The normalized spacial score (nSPS) is 11.6. The maximum atomic E-state index is 12.1. The quantitative estimate of drug-likeness (QED) is 0.727. The number of hydrogen-bond acceptors (Lipinski definition) is 6. The lowest BCUT2D eigenvalue weighted by Gasteiger charge is -2.14. The second-order valence-corrected chi connectivity index (χ2v) is 7.27. The zero-order valence-corrected chi connectivity index (χ0v) is 16.6. The Morgan fingerprint density at radius 3 is 2.63 bits per heavy atom. The number of rotatable bonds is 7. The van der Waals surface area contributed by atoms with Gasteiger partial charge < -0.3 is 14.8 Å². The summed E-state index contributed by atoms with van der Waals surface area (Å²) in [5.41, 5.74) is 2.68. The third-order valence-corrected chi connectivity index (χ3v) is 4.75. The SMILES string of the molecule is Cc1cc(OCC(=O)O[C@H](C)C(=O)Nc2sccc2C#N)ccc1C(C)C. The molecule has 0 radical (unpaired) electrons. The smallest absolute Gasteiger partial charge is 0.344 e. The van der Waals surface area contributed by atoms with E-state index in [2.05, 4.69) is 19.2 Å². The molecule has 0 bridgehead atoms. The molecule has 7 heteroatoms. The van der Waals surface area contributed by atoms with Crippen molar-refractivity contribution in [3.63, 3.8) is 0 Å². The van der Waals surface area contributed by atoms with Gasteiger partial charge in [-0.3, -0.25) is 4.79 Å². The van der Waals surface area contributed by atoms with E-state index in [-0.39, 0.29) is 6.61 Å². The molecular formula is C20H22N2O4S. The van der Waals surface area contributed by atoms with E-state index in [0.717, 1.165) is 5.56 Å². The number of nitriles is 1. The molecule has 1 aromatic heterocycles. The molecule has 1 aromatic carbocycles. The van der Waals surface area contributed by atoms with Crippen LogP contribution in [0.2, 0.25) is 0 Å². The Labute approximate surface area is 162 Å². The molecule has 0 spiro atoms. The molecule has 142 valence electrons. The second kappa shape index (κ2) is 9.19. The van der Waals surface area contributed by atoms with Crippen molar-refractivity contribution in [2.24, 2.45) is 0 Å². The summed E-state index contributed by atoms with van der Waals surface area (Å²) in [4.78, 5) is 24.0. The summed E-state index contributed by atoms with van der Waals surface area (Å²) in [6, 6.07) is 9.25. The van der Waals surface area contributed by atoms with Crippen LogP contribution < -0.4 is 10.1 Å². The highest BCUT2D eigenvalue weighted by Gasteiger charge is 2.20. The molecule has 0 saturated heterocycles. The highest BCUT2D eigenvalue weighted by molar-refractivity contribution is 7.14. The molecule has 1 atom stereocenters. The maximum absolute atomic E-state index is 12.1. The molecule has 0 fully saturated rings. The molecule has 6 nitrogen and oxygen atoms in total. The third kappa shape index (κ3) is 5.56. The standard InChI is InChI=1S/C20H22N2O4S/c1-12(2)17-6-5-16(9-13(17)3)25-11-18(23)26-14(4)19(24)22-20-15(10-21)7-8-27-20/h5-9,12,14H,11H2,1-4H3,(H,22,24)/t14-/m1/s1. The van der Waals surface area contributed by atoms with Crippen molar-refractivity contribution in [3.05, 3.63) is 46.3 Å². The van der Waals surface area contributed by atoms with Crippen LogP contribution in [0, 0.1) is 18.3 Å². The van der Waals surface area contributed by atoms with Crippen LogP contribution in [0.5, 0.6) is 5.75 Å². The average molecular weight is 386 g/mol. The number of carbonyl (C=O) groups excluding carboxylic acids is 2. The van der Waals surface area contributed by atoms with Gasteiger partial charge in [0.15, 0.2) is 12.7 Å². The van der Waals surface area contributed by atoms with Crippen LogP contribution in [0.15, 0.2) is 29.6 Å². The largest absolute Gasteiger partial charge is 0.482 e. The van der Waals surface area contributed by atoms with Crippen LogP contribution in [0.25, 0.3) is 0 Å². The highest BCUT2D eigenvalue weighted by atomic mass is 32.1. The van der Waals surface area contributed by atoms with Gasteiger partial charge in [-0.25, -0.2) is 4.79 Å². The van der Waals surface area contributed by atoms with E-state index < -0.39 is 18.0 Å². The minimum atomic E-state index is -1.00. The van der Waals surface area contributed by atoms with Gasteiger partial charge in [0.25, 0.3) is 5.91 Å². The lowest BCUT2D eigenvalue weighted by atomic mass is 9.98. The van der Waals surface area contributed by atoms with E-state index in [4.69, 9.17) is 14.7 Å². The van der Waals surface area contributed by atoms with Gasteiger partial charge in [-0.1, -0.05) is 19.9 Å². The van der Waals surface area contributed by atoms with Crippen LogP contribution in [0.4, 0.5) is 5.00 Å². The molecule has 27 heavy (non-hydrogen) atoms. The van der Waals surface area contributed by atoms with Crippen molar-refractivity contribution in [1.29, 1.82) is 5.26 Å². The van der Waals surface area contributed by atoms with Crippen LogP contribution in [0.1, 0.15) is 43.4 Å². The second-order valence-electron chi connectivity index (χ2n) is 6.36. The van der Waals surface area contributed by atoms with Gasteiger partial charge in [0.05, 0.1) is 5.56 Å². The number of amides is 1. The van der Waals surface area contributed by atoms with Gasteiger partial charge in [-0.2, -0.15) is 5.26 Å². The lowest BCUT2D eigenvalue weighted by Crippen LogP contribution is -2.31. The first-order chi connectivity index (χ1) is 12.8. The van der Waals surface area contributed by atoms with Crippen LogP contribution in [0.3, 0.4) is 0 Å². The van der Waals surface area contributed by atoms with E-state index in [0.29, 0.717) is 22.2 Å². The van der Waals surface area contributed by atoms with Crippen molar-refractivity contribution in [2.45, 2.75) is 39.7 Å². The van der Waals surface area contributed by atoms with E-state index in [9.17, 15) is 9.59 Å². The molecule has 1 amide bonds. The topological polar surface area (TPSA) is 88.4 Å². The van der Waals surface area contributed by atoms with Gasteiger partial charge in [-0.05, 0) is 54.5 Å². The van der Waals surface area contributed by atoms with Crippen molar-refractivity contribution in [3.8, 4) is 11.8 Å². The molecule has 0 aliphatic carbocycles. The molecule has 1 heterocycles. The van der Waals surface area contributed by atoms with Crippen molar-refractivity contribution < 1.29 is 19.1 Å². The first-order valence-electron chi connectivity index (χ1n) is 8.53. The van der Waals surface area contributed by atoms with E-state index in [1.807, 2.05) is 31.2 Å². The number of hydrogen-bond donors (Lipinski definition) is 1. The highest BCUT2D eigenvalue weighted by Crippen LogP contribution is 2.24. The monoisotopic (exact) mass is 386 g/mol. The fourth-order valence-corrected chi connectivity index (χ4v) is 3.26. The van der Waals surface area contributed by atoms with E-state index in [1.165, 1.54) is 23.8 Å². The lowest BCUT2D eigenvalue weighted by molar-refractivity contribution is -0.155. The number of carbonyl (C=O) groups is 2. The maximum Gasteiger partial charge on any atom is 0.344 e. The fourth-order valence-electron chi connectivity index (χ4n) is 2.52. The Morgan fingerprint density at radius 2 is 2.00 bits per heavy atom. The van der Waals surface area contributed by atoms with Gasteiger partial charge in [0.1, 0.15) is 16.8 Å². The van der Waals surface area contributed by atoms with Crippen molar-refractivity contribution in [1.82, 2.24) is 0 Å². The van der Waals surface area contributed by atoms with Crippen molar-refractivity contribution >= 4 is 28.2 Å². The molecule has 2 aromatic rings. The molecule has 0 aliphatic heterocycles. The van der Waals surface area contributed by atoms with Gasteiger partial charge >= 0.3 is 5.97 Å². The number of esters is 1. The van der Waals surface area contributed by atoms with Crippen molar-refractivity contribution in [2.75, 3.05) is 11.9 Å². The Morgan fingerprint density at radius 1 is 1.26 bits per heavy atom. The predicted molar refractivity (Wildman–Crippen MR) is 104 cm³/mol. The summed E-state index contributed by atoms with van der Waals surface area (Å²) in [6.07, 6.45) is -1.00. The Hall–Kier alpha value is -2.85. The zero-order valence-electron chi connectivity index (χ0n) is 15.7. The summed E-state index contributed by atoms with van der Waals surface area (Å²) >= 11 is 1.23. The first kappa shape index (κ1) is 20.5. The van der Waals surface area contributed by atoms with E-state index >= 15 is 0 Å². The number of nitrogens with one attached hydrogen (secondary N) is 1. The van der Waals surface area contributed by atoms with Gasteiger partial charge in [-0.15, -0.1) is 11.3 Å². The van der Waals surface area contributed by atoms with Crippen LogP contribution in [-0.4, -0.2) is 24.6 Å². The van der Waals surface area contributed by atoms with Gasteiger partial charge in [0, 0.05) is 0 Å². The van der Waals surface area contributed by atoms with E-state index in [1.54, 1.807) is 11.4 Å². The summed E-state index contributed by atoms with van der Waals surface area (Å²) < 4.78 is 10.6. The number of thiophene rings is 1. The third-order valence-electron chi connectivity index (χ3n) is 3.92. The Balaban J connectivity index is 1.85. The molecule has 0 aliphatic rings. The predicted octanol–water partition coefficient (Wildman–Crippen LogP) is 4.00. The van der Waals surface area contributed by atoms with Crippen LogP contribution >= 0.6 is 11.3 Å². The molecule has 2 rings (SSSR count). The van der Waals surface area contributed by atoms with Gasteiger partial charge in [0.2, 0.25) is 0 Å². The Kier molecular flexibility index (Phi) is 6.97. The van der Waals surface area contributed by atoms with Crippen LogP contribution in [-0.2, 0) is 14.3 Å². The number of ether oxygens (including phenoxy) is 2. The molecule has 0 saturated carbocycles. The minimum absolute atomic E-state index is 0.291. The number of aryl methyl sites for hydroxylation is 1. The number of anilines is 1. The average Bonchev–Trinajstić information content (AvgIpc) is 3.06. The zero-order chi connectivity index (χ0) is 20.0. The number of benzene rings is 1. The summed E-state index contributed by atoms with van der Waals surface area (Å²) in [5, 5.41) is 13.7. The summed E-state index contributed by atoms with van der Waals surface area (Å²) in [5.74, 6) is -0.161. The number of nitrogens with zero attached hydrogens (tertiary/aromatic N) is 1. The first-order valence-corrected chi connectivity index (χ1v) is 9.41. The summed E-state index contributed by atoms with van der Waals surface area (Å²) in [6.45, 7) is 7.40. The molecular weight excluding hydrogens is 364 g/mol. The Bertz CT molecular complexity index is 867. The summed E-state index contributed by atoms with van der Waals surface area (Å²) in [7, 11) is 0.